The van der Waals surface area contributed by atoms with E-state index in [2.05, 4.69) is 99.1 Å². The third-order valence-electron chi connectivity index (χ3n) is 8.71. The van der Waals surface area contributed by atoms with Gasteiger partial charge in [-0.3, -0.25) is 4.90 Å². The van der Waals surface area contributed by atoms with E-state index in [1.807, 2.05) is 0 Å². The molecule has 6 heteroatoms. The van der Waals surface area contributed by atoms with Crippen LogP contribution in [0.2, 0.25) is 0 Å². The molecule has 0 spiro atoms. The Balaban J connectivity index is 1.60. The van der Waals surface area contributed by atoms with Gasteiger partial charge in [-0.15, -0.1) is 0 Å². The summed E-state index contributed by atoms with van der Waals surface area (Å²) in [5, 5.41) is 3.79. The summed E-state index contributed by atoms with van der Waals surface area (Å²) in [7, 11) is 4.14. The molecule has 0 amide bonds. The summed E-state index contributed by atoms with van der Waals surface area (Å²) in [5.41, 5.74) is 0.451. The molecule has 1 aromatic heterocycles. The van der Waals surface area contributed by atoms with Gasteiger partial charge in [0.05, 0.1) is 0 Å². The number of allylic oxidation sites excluding steroid dienone is 3. The van der Waals surface area contributed by atoms with Crippen LogP contribution in [0.5, 0.6) is 0 Å². The Kier molecular flexibility index (Phi) is 11.3. The lowest BCUT2D eigenvalue weighted by Gasteiger charge is -2.39. The van der Waals surface area contributed by atoms with Gasteiger partial charge in [0, 0.05) is 58.9 Å². The molecule has 2 fully saturated rings. The smallest absolute Gasteiger partial charge is 0.229 e. The molecule has 1 N–H and O–H groups in total. The second-order valence-corrected chi connectivity index (χ2v) is 12.0. The van der Waals surface area contributed by atoms with Crippen LogP contribution in [0.25, 0.3) is 0 Å². The maximum atomic E-state index is 5.02. The Bertz CT molecular complexity index is 860. The molecule has 1 aliphatic carbocycles. The molecule has 1 unspecified atom stereocenters. The van der Waals surface area contributed by atoms with Crippen LogP contribution >= 0.6 is 0 Å². The fourth-order valence-electron chi connectivity index (χ4n) is 5.77. The Labute approximate surface area is 227 Å². The molecule has 0 aromatic carbocycles. The van der Waals surface area contributed by atoms with Gasteiger partial charge < -0.3 is 15.1 Å². The number of aromatic nitrogens is 2. The average Bonchev–Trinajstić information content (AvgIpc) is 2.89. The lowest BCUT2D eigenvalue weighted by Crippen LogP contribution is -2.48. The van der Waals surface area contributed by atoms with Crippen molar-refractivity contribution in [2.24, 2.45) is 17.3 Å². The first kappa shape index (κ1) is 29.5. The minimum atomic E-state index is 0.451. The SMILES string of the molecule is CC=CC(C/C=C\CC)CN1CCN(c2nc(NC3CCC(C(C)(C)CC)CC3)cc(N(C)C)n2)CC1. The first-order valence-corrected chi connectivity index (χ1v) is 14.8. The molecule has 1 atom stereocenters. The standard InChI is InChI=1S/C31H54N6/c1-8-11-12-14-25(13-9-2)24-36-19-21-37(22-20-36)30-33-28(23-29(34-30)35(6)7)32-27-17-15-26(16-18-27)31(4,5)10-3/h9,11-13,23,25-27H,8,10,14-22,24H2,1-7H3,(H,32,33,34)/b12-11-,13-9?. The summed E-state index contributed by atoms with van der Waals surface area (Å²) in [5.74, 6) is 4.24. The van der Waals surface area contributed by atoms with Gasteiger partial charge >= 0.3 is 0 Å². The van der Waals surface area contributed by atoms with Crippen LogP contribution in [0, 0.1) is 17.3 Å². The molecule has 0 radical (unpaired) electrons. The zero-order valence-electron chi connectivity index (χ0n) is 24.8. The first-order chi connectivity index (χ1) is 17.7. The second-order valence-electron chi connectivity index (χ2n) is 12.0. The largest absolute Gasteiger partial charge is 0.367 e. The van der Waals surface area contributed by atoms with Crippen molar-refractivity contribution < 1.29 is 0 Å². The summed E-state index contributed by atoms with van der Waals surface area (Å²) in [6.07, 6.45) is 17.8. The zero-order chi connectivity index (χ0) is 26.8. The molecule has 6 nitrogen and oxygen atoms in total. The van der Waals surface area contributed by atoms with Gasteiger partial charge in [0.1, 0.15) is 11.6 Å². The number of nitrogens with one attached hydrogen (secondary N) is 1. The molecule has 2 heterocycles. The lowest BCUT2D eigenvalue weighted by atomic mass is 9.69. The van der Waals surface area contributed by atoms with Gasteiger partial charge in [0.15, 0.2) is 0 Å². The van der Waals surface area contributed by atoms with Gasteiger partial charge in [-0.05, 0) is 62.7 Å². The highest BCUT2D eigenvalue weighted by Crippen LogP contribution is 2.41. The van der Waals surface area contributed by atoms with Crippen molar-refractivity contribution in [3.63, 3.8) is 0 Å². The fourth-order valence-corrected chi connectivity index (χ4v) is 5.77. The summed E-state index contributed by atoms with van der Waals surface area (Å²) in [4.78, 5) is 17.0. The summed E-state index contributed by atoms with van der Waals surface area (Å²) in [6.45, 7) is 16.7. The van der Waals surface area contributed by atoms with Crippen molar-refractivity contribution in [2.75, 3.05) is 61.9 Å². The number of hydrogen-bond donors (Lipinski definition) is 1. The molecular formula is C31H54N6. The molecule has 1 aromatic rings. The lowest BCUT2D eigenvalue weighted by molar-refractivity contribution is 0.147. The maximum Gasteiger partial charge on any atom is 0.229 e. The highest BCUT2D eigenvalue weighted by molar-refractivity contribution is 5.54. The predicted molar refractivity (Wildman–Crippen MR) is 161 cm³/mol. The molecular weight excluding hydrogens is 456 g/mol. The van der Waals surface area contributed by atoms with E-state index in [-0.39, 0.29) is 0 Å². The normalized spacial score (nSPS) is 22.6. The highest BCUT2D eigenvalue weighted by atomic mass is 15.3. The van der Waals surface area contributed by atoms with Crippen molar-refractivity contribution in [1.29, 1.82) is 0 Å². The van der Waals surface area contributed by atoms with E-state index >= 15 is 0 Å². The van der Waals surface area contributed by atoms with E-state index in [0.29, 0.717) is 17.4 Å². The number of piperazine rings is 1. The number of nitrogens with zero attached hydrogens (tertiary/aromatic N) is 5. The Morgan fingerprint density at radius 3 is 2.35 bits per heavy atom. The van der Waals surface area contributed by atoms with E-state index < -0.39 is 0 Å². The molecule has 2 aliphatic rings. The molecule has 0 bridgehead atoms. The van der Waals surface area contributed by atoms with Crippen LogP contribution in [-0.4, -0.2) is 67.7 Å². The van der Waals surface area contributed by atoms with Crippen LogP contribution in [0.15, 0.2) is 30.4 Å². The number of hydrogen-bond acceptors (Lipinski definition) is 6. The molecule has 1 saturated heterocycles. The minimum Gasteiger partial charge on any atom is -0.367 e. The third-order valence-corrected chi connectivity index (χ3v) is 8.71. The molecule has 37 heavy (non-hydrogen) atoms. The Hall–Kier alpha value is -2.08. The second kappa shape index (κ2) is 14.2. The van der Waals surface area contributed by atoms with Crippen LogP contribution in [0.1, 0.15) is 79.6 Å². The van der Waals surface area contributed by atoms with Crippen LogP contribution in [-0.2, 0) is 0 Å². The van der Waals surface area contributed by atoms with E-state index in [0.717, 1.165) is 69.1 Å². The van der Waals surface area contributed by atoms with E-state index in [4.69, 9.17) is 9.97 Å². The van der Waals surface area contributed by atoms with Crippen LogP contribution < -0.4 is 15.1 Å². The van der Waals surface area contributed by atoms with Crippen molar-refractivity contribution in [2.45, 2.75) is 85.6 Å². The van der Waals surface area contributed by atoms with Crippen LogP contribution in [0.4, 0.5) is 17.6 Å². The number of rotatable bonds is 12. The van der Waals surface area contributed by atoms with Gasteiger partial charge in [-0.2, -0.15) is 9.97 Å². The van der Waals surface area contributed by atoms with Crippen molar-refractivity contribution >= 4 is 17.6 Å². The zero-order valence-corrected chi connectivity index (χ0v) is 24.8. The summed E-state index contributed by atoms with van der Waals surface area (Å²) in [6, 6.07) is 2.62. The van der Waals surface area contributed by atoms with E-state index in [9.17, 15) is 0 Å². The maximum absolute atomic E-state index is 5.02. The van der Waals surface area contributed by atoms with Gasteiger partial charge in [-0.1, -0.05) is 58.4 Å². The Morgan fingerprint density at radius 2 is 1.76 bits per heavy atom. The molecule has 1 saturated carbocycles. The summed E-state index contributed by atoms with van der Waals surface area (Å²) < 4.78 is 0. The monoisotopic (exact) mass is 510 g/mol. The molecule has 1 aliphatic heterocycles. The minimum absolute atomic E-state index is 0.451. The fraction of sp³-hybridized carbons (Fsp3) is 0.742. The summed E-state index contributed by atoms with van der Waals surface area (Å²) >= 11 is 0. The van der Waals surface area contributed by atoms with Gasteiger partial charge in [0.2, 0.25) is 5.95 Å². The predicted octanol–water partition coefficient (Wildman–Crippen LogP) is 6.62. The average molecular weight is 511 g/mol. The van der Waals surface area contributed by atoms with Gasteiger partial charge in [0.25, 0.3) is 0 Å². The van der Waals surface area contributed by atoms with Gasteiger partial charge in [-0.25, -0.2) is 0 Å². The highest BCUT2D eigenvalue weighted by Gasteiger charge is 2.32. The van der Waals surface area contributed by atoms with Crippen molar-refractivity contribution in [3.05, 3.63) is 30.4 Å². The first-order valence-electron chi connectivity index (χ1n) is 14.8. The molecule has 3 rings (SSSR count). The third kappa shape index (κ3) is 8.73. The number of anilines is 3. The molecule has 208 valence electrons. The van der Waals surface area contributed by atoms with E-state index in [1.165, 1.54) is 32.1 Å². The Morgan fingerprint density at radius 1 is 1.05 bits per heavy atom. The van der Waals surface area contributed by atoms with Crippen molar-refractivity contribution in [3.8, 4) is 0 Å². The van der Waals surface area contributed by atoms with Crippen molar-refractivity contribution in [1.82, 2.24) is 14.9 Å². The van der Waals surface area contributed by atoms with Crippen LogP contribution in [0.3, 0.4) is 0 Å². The quantitative estimate of drug-likeness (QED) is 0.319. The van der Waals surface area contributed by atoms with E-state index in [1.54, 1.807) is 0 Å². The topological polar surface area (TPSA) is 47.5 Å².